The van der Waals surface area contributed by atoms with Crippen molar-refractivity contribution in [2.75, 3.05) is 0 Å². The number of rotatable bonds is 1. The topological polar surface area (TPSA) is 120 Å². The van der Waals surface area contributed by atoms with E-state index in [-0.39, 0.29) is 0 Å². The molecule has 11 heavy (non-hydrogen) atoms. The maximum absolute atomic E-state index is 10.2. The highest BCUT2D eigenvalue weighted by Gasteiger charge is 2.03. The Kier molecular flexibility index (Phi) is 3.87. The molecule has 0 aliphatic carbocycles. The summed E-state index contributed by atoms with van der Waals surface area (Å²) in [6.07, 6.45) is -1.58. The summed E-state index contributed by atoms with van der Waals surface area (Å²) in [5.74, 6) is 0. The average molecular weight is 161 g/mol. The molecule has 3 N–H and O–H groups in total. The number of amides is 2. The first-order valence-electron chi connectivity index (χ1n) is 2.17. The maximum Gasteiger partial charge on any atom is 0.471 e. The van der Waals surface area contributed by atoms with Crippen LogP contribution >= 0.6 is 0 Å². The van der Waals surface area contributed by atoms with Crippen LogP contribution in [0, 0.1) is 0 Å². The minimum Gasteiger partial charge on any atom is -0.332 e. The fourth-order valence-electron chi connectivity index (χ4n) is 0.166. The van der Waals surface area contributed by atoms with Crippen LogP contribution in [-0.4, -0.2) is 18.3 Å². The van der Waals surface area contributed by atoms with Crippen LogP contribution in [0.2, 0.25) is 0 Å². The summed E-state index contributed by atoms with van der Waals surface area (Å²) < 4.78 is 0. The fourth-order valence-corrected chi connectivity index (χ4v) is 0.166. The lowest BCUT2D eigenvalue weighted by molar-refractivity contribution is -0.175. The third-order valence-electron chi connectivity index (χ3n) is 0.392. The van der Waals surface area contributed by atoms with Crippen LogP contribution in [0.15, 0.2) is 5.10 Å². The number of nitrogens with zero attached hydrogens (tertiary/aromatic N) is 1. The zero-order chi connectivity index (χ0) is 8.69. The second-order valence-corrected chi connectivity index (χ2v) is 1.09. The third-order valence-corrected chi connectivity index (χ3v) is 0.392. The first-order valence-corrected chi connectivity index (χ1v) is 2.17. The molecule has 60 valence electrons. The molecule has 0 aromatic carbocycles. The largest absolute Gasteiger partial charge is 0.471 e. The van der Waals surface area contributed by atoms with Crippen LogP contribution < -0.4 is 11.2 Å². The van der Waals surface area contributed by atoms with Crippen molar-refractivity contribution in [2.45, 2.75) is 0 Å². The molecule has 0 aromatic heterocycles. The summed E-state index contributed by atoms with van der Waals surface area (Å²) in [5, 5.41) is 2.59. The SMILES string of the molecule is NC(=O)OOC(=O)NN=C=O. The van der Waals surface area contributed by atoms with Crippen LogP contribution in [0.1, 0.15) is 0 Å². The fraction of sp³-hybridized carbons (Fsp3) is 0. The molecule has 0 aliphatic rings. The van der Waals surface area contributed by atoms with E-state index in [1.54, 1.807) is 0 Å². The first kappa shape index (κ1) is 8.92. The van der Waals surface area contributed by atoms with Gasteiger partial charge in [-0.3, -0.25) is 0 Å². The highest BCUT2D eigenvalue weighted by atomic mass is 17.2. The van der Waals surface area contributed by atoms with Gasteiger partial charge in [-0.2, -0.15) is 5.43 Å². The molecule has 0 radical (unpaired) electrons. The van der Waals surface area contributed by atoms with Gasteiger partial charge in [0.25, 0.3) is 6.08 Å². The molecule has 8 nitrogen and oxygen atoms in total. The predicted molar refractivity (Wildman–Crippen MR) is 28.4 cm³/mol. The quantitative estimate of drug-likeness (QED) is 0.220. The molecule has 0 heterocycles. The number of hydrogen-bond donors (Lipinski definition) is 2. The number of primary amides is 1. The van der Waals surface area contributed by atoms with Gasteiger partial charge in [0.15, 0.2) is 0 Å². The summed E-state index contributed by atoms with van der Waals surface area (Å²) in [7, 11) is 0. The summed E-state index contributed by atoms with van der Waals surface area (Å²) >= 11 is 0. The molecule has 0 bridgehead atoms. The van der Waals surface area contributed by atoms with Crippen molar-refractivity contribution in [3.8, 4) is 0 Å². The number of carbonyl (C=O) groups excluding carboxylic acids is 3. The highest BCUT2D eigenvalue weighted by molar-refractivity contribution is 5.69. The molecule has 0 fully saturated rings. The van der Waals surface area contributed by atoms with Crippen molar-refractivity contribution < 1.29 is 24.2 Å². The molecular formula is C3H3N3O5. The van der Waals surface area contributed by atoms with Crippen molar-refractivity contribution in [3.05, 3.63) is 0 Å². The zero-order valence-electron chi connectivity index (χ0n) is 5.07. The summed E-state index contributed by atoms with van der Waals surface area (Å²) in [4.78, 5) is 36.4. The lowest BCUT2D eigenvalue weighted by Crippen LogP contribution is -2.23. The molecule has 0 unspecified atom stereocenters. The monoisotopic (exact) mass is 161 g/mol. The molecule has 0 saturated carbocycles. The number of carbonyl (C=O) groups is 2. The Hall–Kier alpha value is -2.08. The van der Waals surface area contributed by atoms with Crippen molar-refractivity contribution in [1.82, 2.24) is 5.43 Å². The van der Waals surface area contributed by atoms with Crippen LogP contribution in [-0.2, 0) is 14.6 Å². The molecule has 2 amide bonds. The van der Waals surface area contributed by atoms with Crippen molar-refractivity contribution in [1.29, 1.82) is 0 Å². The second-order valence-electron chi connectivity index (χ2n) is 1.09. The summed E-state index contributed by atoms with van der Waals surface area (Å²) in [5.41, 5.74) is 5.89. The predicted octanol–water partition coefficient (Wildman–Crippen LogP) is -1.03. The number of nitrogens with one attached hydrogen (secondary N) is 1. The third kappa shape index (κ3) is 5.80. The van der Waals surface area contributed by atoms with Gasteiger partial charge in [-0.25, -0.2) is 24.2 Å². The van der Waals surface area contributed by atoms with E-state index < -0.39 is 12.2 Å². The van der Waals surface area contributed by atoms with E-state index in [9.17, 15) is 14.4 Å². The van der Waals surface area contributed by atoms with Gasteiger partial charge in [0.05, 0.1) is 0 Å². The Balaban J connectivity index is 3.53. The smallest absolute Gasteiger partial charge is 0.332 e. The molecule has 0 saturated heterocycles. The van der Waals surface area contributed by atoms with Gasteiger partial charge in [-0.1, -0.05) is 5.10 Å². The van der Waals surface area contributed by atoms with E-state index in [0.29, 0.717) is 0 Å². The summed E-state index contributed by atoms with van der Waals surface area (Å²) in [6.45, 7) is 0. The first-order chi connectivity index (χ1) is 5.16. The molecule has 8 heteroatoms. The molecule has 0 rings (SSSR count). The van der Waals surface area contributed by atoms with E-state index in [1.807, 2.05) is 0 Å². The van der Waals surface area contributed by atoms with Gasteiger partial charge in [0.1, 0.15) is 0 Å². The standard InChI is InChI=1S/C3H3N3O5/c4-2(8)10-11-3(9)6-5-1-7/h(H2,4,8)(H,6,9). The summed E-state index contributed by atoms with van der Waals surface area (Å²) in [6, 6.07) is 0. The van der Waals surface area contributed by atoms with E-state index in [2.05, 4.69) is 20.6 Å². The van der Waals surface area contributed by atoms with Crippen molar-refractivity contribution >= 4 is 18.3 Å². The molecule has 0 aliphatic heterocycles. The number of isocyanates is 1. The Labute approximate surface area is 59.9 Å². The van der Waals surface area contributed by atoms with E-state index in [4.69, 9.17) is 0 Å². The van der Waals surface area contributed by atoms with Crippen LogP contribution in [0.4, 0.5) is 9.59 Å². The van der Waals surface area contributed by atoms with Gasteiger partial charge >= 0.3 is 12.2 Å². The van der Waals surface area contributed by atoms with Gasteiger partial charge < -0.3 is 5.73 Å². The lowest BCUT2D eigenvalue weighted by atomic mass is 11.2. The van der Waals surface area contributed by atoms with Gasteiger partial charge in [0, 0.05) is 0 Å². The Morgan fingerprint density at radius 1 is 1.45 bits per heavy atom. The van der Waals surface area contributed by atoms with E-state index in [1.165, 1.54) is 5.43 Å². The van der Waals surface area contributed by atoms with Crippen molar-refractivity contribution in [2.24, 2.45) is 10.8 Å². The van der Waals surface area contributed by atoms with Gasteiger partial charge in [-0.15, -0.1) is 0 Å². The average Bonchev–Trinajstić information content (AvgIpc) is 1.97. The Morgan fingerprint density at radius 2 is 2.09 bits per heavy atom. The van der Waals surface area contributed by atoms with Gasteiger partial charge in [0.2, 0.25) is 0 Å². The minimum atomic E-state index is -1.30. The highest BCUT2D eigenvalue weighted by Crippen LogP contribution is 1.78. The van der Waals surface area contributed by atoms with E-state index >= 15 is 0 Å². The second kappa shape index (κ2) is 4.77. The minimum absolute atomic E-state index is 0.978. The van der Waals surface area contributed by atoms with Crippen LogP contribution in [0.5, 0.6) is 0 Å². The zero-order valence-corrected chi connectivity index (χ0v) is 5.07. The van der Waals surface area contributed by atoms with Crippen molar-refractivity contribution in [3.63, 3.8) is 0 Å². The number of nitrogens with two attached hydrogens (primary N) is 1. The molecular weight excluding hydrogens is 158 g/mol. The maximum atomic E-state index is 10.2. The Bertz CT molecular complexity index is 207. The number of hydrazone groups is 1. The molecule has 0 aromatic rings. The van der Waals surface area contributed by atoms with Crippen LogP contribution in [0.3, 0.4) is 0 Å². The molecule has 0 atom stereocenters. The van der Waals surface area contributed by atoms with E-state index in [0.717, 1.165) is 6.08 Å². The lowest BCUT2D eigenvalue weighted by Gasteiger charge is -1.95. The van der Waals surface area contributed by atoms with Gasteiger partial charge in [-0.05, 0) is 0 Å². The number of hydrogen-bond acceptors (Lipinski definition) is 6. The molecule has 0 spiro atoms. The Morgan fingerprint density at radius 3 is 2.55 bits per heavy atom. The normalized spacial score (nSPS) is 7.27. The van der Waals surface area contributed by atoms with Crippen LogP contribution in [0.25, 0.3) is 0 Å².